The fourth-order valence-electron chi connectivity index (χ4n) is 1.96. The van der Waals surface area contributed by atoms with Gasteiger partial charge in [0.05, 0.1) is 24.5 Å². The van der Waals surface area contributed by atoms with Crippen LogP contribution in [0.3, 0.4) is 0 Å². The number of methoxy groups -OCH3 is 1. The van der Waals surface area contributed by atoms with Crippen LogP contribution in [0.4, 0.5) is 13.2 Å². The molecule has 2 rings (SSSR count). The summed E-state index contributed by atoms with van der Waals surface area (Å²) in [6, 6.07) is 7.05. The van der Waals surface area contributed by atoms with E-state index in [1.54, 1.807) is 6.07 Å². The second-order valence-electron chi connectivity index (χ2n) is 4.58. The second kappa shape index (κ2) is 6.65. The largest absolute Gasteiger partial charge is 0.459 e. The van der Waals surface area contributed by atoms with Crippen molar-refractivity contribution in [3.8, 4) is 0 Å². The molecule has 1 N–H and O–H groups in total. The van der Waals surface area contributed by atoms with Gasteiger partial charge in [-0.2, -0.15) is 13.2 Å². The topological polar surface area (TPSA) is 51.5 Å². The predicted molar refractivity (Wildman–Crippen MR) is 72.2 cm³/mol. The number of benzene rings is 1. The van der Waals surface area contributed by atoms with Crippen molar-refractivity contribution in [3.05, 3.63) is 59.5 Å². The fourth-order valence-corrected chi connectivity index (χ4v) is 1.96. The summed E-state index contributed by atoms with van der Waals surface area (Å²) in [5.74, 6) is -0.447. The first-order valence-corrected chi connectivity index (χ1v) is 6.42. The lowest BCUT2D eigenvalue weighted by atomic mass is 10.0. The third kappa shape index (κ3) is 3.88. The van der Waals surface area contributed by atoms with Gasteiger partial charge in [0.1, 0.15) is 0 Å². The highest BCUT2D eigenvalue weighted by Gasteiger charge is 2.31. The lowest BCUT2D eigenvalue weighted by Gasteiger charge is -2.19. The number of furan rings is 1. The summed E-state index contributed by atoms with van der Waals surface area (Å²) in [5, 5.41) is 2.59. The van der Waals surface area contributed by atoms with Gasteiger partial charge in [-0.3, -0.25) is 4.79 Å². The minimum atomic E-state index is -4.45. The monoisotopic (exact) mass is 313 g/mol. The SMILES string of the molecule is COC[C@H](NC(=O)c1ccco1)c1cccc(C(F)(F)F)c1. The molecule has 1 aromatic carbocycles. The standard InChI is InChI=1S/C15H14F3NO3/c1-21-9-12(19-14(20)13-6-3-7-22-13)10-4-2-5-11(8-10)15(16,17)18/h2-8,12H,9H2,1H3,(H,19,20)/t12-/m0/s1. The zero-order chi connectivity index (χ0) is 16.2. The molecule has 0 saturated carbocycles. The zero-order valence-corrected chi connectivity index (χ0v) is 11.7. The maximum absolute atomic E-state index is 12.8. The number of hydrogen-bond acceptors (Lipinski definition) is 3. The third-order valence-electron chi connectivity index (χ3n) is 3.00. The average molecular weight is 313 g/mol. The molecule has 1 heterocycles. The molecule has 1 aromatic heterocycles. The molecule has 2 aromatic rings. The van der Waals surface area contributed by atoms with Gasteiger partial charge in [0.2, 0.25) is 0 Å². The number of carbonyl (C=O) groups is 1. The van der Waals surface area contributed by atoms with E-state index in [2.05, 4.69) is 5.32 Å². The molecule has 0 saturated heterocycles. The van der Waals surface area contributed by atoms with Gasteiger partial charge in [0.25, 0.3) is 5.91 Å². The Morgan fingerprint density at radius 1 is 1.32 bits per heavy atom. The van der Waals surface area contributed by atoms with Gasteiger partial charge in [-0.15, -0.1) is 0 Å². The van der Waals surface area contributed by atoms with Crippen molar-refractivity contribution in [1.82, 2.24) is 5.32 Å². The first kappa shape index (κ1) is 16.1. The van der Waals surface area contributed by atoms with E-state index in [1.807, 2.05) is 0 Å². The lowest BCUT2D eigenvalue weighted by molar-refractivity contribution is -0.137. The zero-order valence-electron chi connectivity index (χ0n) is 11.7. The highest BCUT2D eigenvalue weighted by Crippen LogP contribution is 2.30. The molecule has 22 heavy (non-hydrogen) atoms. The van der Waals surface area contributed by atoms with Gasteiger partial charge in [0.15, 0.2) is 5.76 Å². The molecule has 0 radical (unpaired) electrons. The Bertz CT molecular complexity index is 623. The average Bonchev–Trinajstić information content (AvgIpc) is 3.00. The number of ether oxygens (including phenoxy) is 1. The van der Waals surface area contributed by atoms with Crippen molar-refractivity contribution in [3.63, 3.8) is 0 Å². The Morgan fingerprint density at radius 3 is 2.68 bits per heavy atom. The molecule has 1 amide bonds. The summed E-state index contributed by atoms with van der Waals surface area (Å²) in [4.78, 5) is 12.0. The van der Waals surface area contributed by atoms with Crippen LogP contribution in [0.2, 0.25) is 0 Å². The van der Waals surface area contributed by atoms with Gasteiger partial charge in [-0.25, -0.2) is 0 Å². The van der Waals surface area contributed by atoms with Crippen LogP contribution in [0.25, 0.3) is 0 Å². The number of alkyl halides is 3. The molecule has 7 heteroatoms. The van der Waals surface area contributed by atoms with E-state index >= 15 is 0 Å². The van der Waals surface area contributed by atoms with Crippen LogP contribution in [0, 0.1) is 0 Å². The van der Waals surface area contributed by atoms with Crippen molar-refractivity contribution in [2.24, 2.45) is 0 Å². The molecule has 0 spiro atoms. The first-order valence-electron chi connectivity index (χ1n) is 6.42. The number of nitrogens with one attached hydrogen (secondary N) is 1. The lowest BCUT2D eigenvalue weighted by Crippen LogP contribution is -2.31. The number of hydrogen-bond donors (Lipinski definition) is 1. The molecule has 0 bridgehead atoms. The molecule has 0 aliphatic rings. The summed E-state index contributed by atoms with van der Waals surface area (Å²) in [6.45, 7) is 0.0355. The number of carbonyl (C=O) groups excluding carboxylic acids is 1. The van der Waals surface area contributed by atoms with Crippen LogP contribution < -0.4 is 5.32 Å². The summed E-state index contributed by atoms with van der Waals surface area (Å²) in [5.41, 5.74) is -0.477. The van der Waals surface area contributed by atoms with Crippen LogP contribution in [-0.4, -0.2) is 19.6 Å². The molecule has 118 valence electrons. The fraction of sp³-hybridized carbons (Fsp3) is 0.267. The van der Waals surface area contributed by atoms with Gasteiger partial charge < -0.3 is 14.5 Å². The molecule has 4 nitrogen and oxygen atoms in total. The third-order valence-corrected chi connectivity index (χ3v) is 3.00. The molecular weight excluding hydrogens is 299 g/mol. The van der Waals surface area contributed by atoms with Crippen molar-refractivity contribution in [2.45, 2.75) is 12.2 Å². The van der Waals surface area contributed by atoms with E-state index in [4.69, 9.17) is 9.15 Å². The van der Waals surface area contributed by atoms with Gasteiger partial charge in [-0.1, -0.05) is 12.1 Å². The van der Waals surface area contributed by atoms with Crippen molar-refractivity contribution in [2.75, 3.05) is 13.7 Å². The number of halogens is 3. The van der Waals surface area contributed by atoms with Crippen molar-refractivity contribution >= 4 is 5.91 Å². The summed E-state index contributed by atoms with van der Waals surface area (Å²) in [6.07, 6.45) is -3.11. The Kier molecular flexibility index (Phi) is 4.87. The highest BCUT2D eigenvalue weighted by molar-refractivity contribution is 5.91. The maximum atomic E-state index is 12.8. The Balaban J connectivity index is 2.22. The van der Waals surface area contributed by atoms with Crippen molar-refractivity contribution in [1.29, 1.82) is 0 Å². The smallest absolute Gasteiger partial charge is 0.416 e. The molecular formula is C15H14F3NO3. The highest BCUT2D eigenvalue weighted by atomic mass is 19.4. The molecule has 0 unspecified atom stereocenters. The normalized spacial score (nSPS) is 12.9. The van der Waals surface area contributed by atoms with Crippen LogP contribution >= 0.6 is 0 Å². The van der Waals surface area contributed by atoms with E-state index in [9.17, 15) is 18.0 Å². The molecule has 1 atom stereocenters. The van der Waals surface area contributed by atoms with Gasteiger partial charge >= 0.3 is 6.18 Å². The predicted octanol–water partition coefficient (Wildman–Crippen LogP) is 3.42. The van der Waals surface area contributed by atoms with Crippen LogP contribution in [-0.2, 0) is 10.9 Å². The Morgan fingerprint density at radius 2 is 2.09 bits per heavy atom. The molecule has 0 aliphatic heterocycles. The van der Waals surface area contributed by atoms with Crippen molar-refractivity contribution < 1.29 is 27.1 Å². The van der Waals surface area contributed by atoms with E-state index in [0.717, 1.165) is 12.1 Å². The number of rotatable bonds is 5. The quantitative estimate of drug-likeness (QED) is 0.920. The van der Waals surface area contributed by atoms with E-state index in [-0.39, 0.29) is 12.4 Å². The van der Waals surface area contributed by atoms with Crippen LogP contribution in [0.15, 0.2) is 47.1 Å². The summed E-state index contributed by atoms with van der Waals surface area (Å²) in [7, 11) is 1.40. The molecule has 0 aliphatic carbocycles. The van der Waals surface area contributed by atoms with E-state index in [0.29, 0.717) is 5.56 Å². The summed E-state index contributed by atoms with van der Waals surface area (Å²) < 4.78 is 48.2. The van der Waals surface area contributed by atoms with Gasteiger partial charge in [0, 0.05) is 7.11 Å². The molecule has 0 fully saturated rings. The first-order chi connectivity index (χ1) is 10.4. The minimum Gasteiger partial charge on any atom is -0.459 e. The maximum Gasteiger partial charge on any atom is 0.416 e. The Labute approximate surface area is 124 Å². The second-order valence-corrected chi connectivity index (χ2v) is 4.58. The number of amides is 1. The minimum absolute atomic E-state index is 0.0355. The van der Waals surface area contributed by atoms with E-state index in [1.165, 1.54) is 31.6 Å². The van der Waals surface area contributed by atoms with Gasteiger partial charge in [-0.05, 0) is 29.8 Å². The summed E-state index contributed by atoms with van der Waals surface area (Å²) >= 11 is 0. The van der Waals surface area contributed by atoms with E-state index < -0.39 is 23.7 Å². The van der Waals surface area contributed by atoms with Crippen LogP contribution in [0.5, 0.6) is 0 Å². The Hall–Kier alpha value is -2.28. The van der Waals surface area contributed by atoms with Crippen LogP contribution in [0.1, 0.15) is 27.7 Å².